The number of ether oxygens (including phenoxy) is 1. The number of benzene rings is 3. The number of aromatic carboxylic acids is 1. The maximum atomic E-state index is 12.8. The van der Waals surface area contributed by atoms with Crippen molar-refractivity contribution in [3.05, 3.63) is 95.7 Å². The molecule has 1 heterocycles. The summed E-state index contributed by atoms with van der Waals surface area (Å²) in [4.78, 5) is 12.0. The molecule has 0 aliphatic heterocycles. The fourth-order valence-corrected chi connectivity index (χ4v) is 5.01. The van der Waals surface area contributed by atoms with Crippen LogP contribution in [0.5, 0.6) is 5.75 Å². The molecule has 3 aromatic carbocycles. The minimum Gasteiger partial charge on any atom is -0.491 e. The number of carbonyl (C=O) groups is 1. The van der Waals surface area contributed by atoms with E-state index in [9.17, 15) is 36.6 Å². The smallest absolute Gasteiger partial charge is 0.491 e. The highest BCUT2D eigenvalue weighted by atomic mass is 32.2. The highest BCUT2D eigenvalue weighted by Gasteiger charge is 2.46. The molecule has 4 aromatic rings. The maximum absolute atomic E-state index is 12.8. The van der Waals surface area contributed by atoms with Gasteiger partial charge in [0.05, 0.1) is 0 Å². The lowest BCUT2D eigenvalue weighted by Gasteiger charge is -2.18. The third kappa shape index (κ3) is 7.81. The minimum absolute atomic E-state index is 0.0157. The van der Waals surface area contributed by atoms with E-state index in [0.29, 0.717) is 35.2 Å². The number of sulfonamides is 1. The van der Waals surface area contributed by atoms with Crippen molar-refractivity contribution in [1.29, 1.82) is 0 Å². The molecule has 0 saturated heterocycles. The van der Waals surface area contributed by atoms with Crippen LogP contribution in [0.15, 0.2) is 78.9 Å². The summed E-state index contributed by atoms with van der Waals surface area (Å²) in [6, 6.07) is 21.5. The fraction of sp³-hybridized carbons (Fsp3) is 0.276. The summed E-state index contributed by atoms with van der Waals surface area (Å²) in [6.45, 7) is 2.39. The first kappa shape index (κ1) is 30.9. The van der Waals surface area contributed by atoms with E-state index in [0.717, 1.165) is 5.56 Å². The Balaban J connectivity index is 1.43. The molecule has 0 saturated carbocycles. The predicted molar refractivity (Wildman–Crippen MR) is 152 cm³/mol. The average Bonchev–Trinajstić information content (AvgIpc) is 3.28. The molecule has 0 fully saturated rings. The zero-order valence-corrected chi connectivity index (χ0v) is 23.3. The third-order valence-corrected chi connectivity index (χ3v) is 7.55. The van der Waals surface area contributed by atoms with Crippen LogP contribution in [0.2, 0.25) is 0 Å². The van der Waals surface area contributed by atoms with E-state index in [1.165, 1.54) is 33.6 Å². The number of carboxylic acid groups (broad SMARTS) is 1. The molecule has 0 aliphatic rings. The number of aliphatic hydroxyl groups excluding tert-OH is 1. The lowest BCUT2D eigenvalue weighted by molar-refractivity contribution is -0.0429. The molecule has 4 N–H and O–H groups in total. The van der Waals surface area contributed by atoms with E-state index in [-0.39, 0.29) is 30.6 Å². The van der Waals surface area contributed by atoms with E-state index >= 15 is 0 Å². The Kier molecular flexibility index (Phi) is 9.44. The standard InChI is InChI=1S/C29H30F3N3O6S/c1-19(33-16-24(36)18-41-25-8-3-2-4-9-25)12-20-10-11-26-22(13-20)15-27(28(37)38)35(26)17-21-6-5-7-23(14-21)34-42(39,40)29(30,31)32/h2-11,13-15,19,24,33-34,36H,12,16-18H2,1H3,(H,37,38). The molecular weight excluding hydrogens is 575 g/mol. The first-order chi connectivity index (χ1) is 19.8. The summed E-state index contributed by atoms with van der Waals surface area (Å²) < 4.78 is 69.9. The number of nitrogens with zero attached hydrogens (tertiary/aromatic N) is 1. The molecule has 1 aromatic heterocycles. The van der Waals surface area contributed by atoms with Gasteiger partial charge in [-0.25, -0.2) is 4.79 Å². The summed E-state index contributed by atoms with van der Waals surface area (Å²) in [5.41, 5.74) is -3.89. The predicted octanol–water partition coefficient (Wildman–Crippen LogP) is 4.61. The van der Waals surface area contributed by atoms with Crippen LogP contribution in [0.1, 0.15) is 28.5 Å². The normalized spacial score (nSPS) is 13.5. The Labute approximate surface area is 240 Å². The van der Waals surface area contributed by atoms with Crippen molar-refractivity contribution in [3.63, 3.8) is 0 Å². The van der Waals surface area contributed by atoms with Crippen LogP contribution >= 0.6 is 0 Å². The van der Waals surface area contributed by atoms with Gasteiger partial charge in [0.2, 0.25) is 0 Å². The Bertz CT molecular complexity index is 1640. The Morgan fingerprint density at radius 2 is 1.74 bits per heavy atom. The molecule has 224 valence electrons. The first-order valence-corrected chi connectivity index (χ1v) is 14.4. The second-order valence-electron chi connectivity index (χ2n) is 9.86. The van der Waals surface area contributed by atoms with Gasteiger partial charge in [-0.1, -0.05) is 36.4 Å². The van der Waals surface area contributed by atoms with Gasteiger partial charge in [-0.05, 0) is 66.9 Å². The maximum Gasteiger partial charge on any atom is 0.516 e. The van der Waals surface area contributed by atoms with Gasteiger partial charge >= 0.3 is 21.5 Å². The summed E-state index contributed by atoms with van der Waals surface area (Å²) in [5.74, 6) is -0.521. The van der Waals surface area contributed by atoms with E-state index in [2.05, 4.69) is 5.32 Å². The van der Waals surface area contributed by atoms with E-state index in [1.54, 1.807) is 12.1 Å². The number of rotatable bonds is 13. The Morgan fingerprint density at radius 3 is 2.43 bits per heavy atom. The van der Waals surface area contributed by atoms with Gasteiger partial charge in [-0.15, -0.1) is 0 Å². The van der Waals surface area contributed by atoms with Gasteiger partial charge in [-0.3, -0.25) is 4.72 Å². The number of aromatic nitrogens is 1. The minimum atomic E-state index is -5.60. The zero-order valence-electron chi connectivity index (χ0n) is 22.5. The van der Waals surface area contributed by atoms with Gasteiger partial charge in [0.1, 0.15) is 24.2 Å². The van der Waals surface area contributed by atoms with Crippen molar-refractivity contribution in [2.45, 2.75) is 37.5 Å². The molecule has 42 heavy (non-hydrogen) atoms. The lowest BCUT2D eigenvalue weighted by atomic mass is 10.0. The van der Waals surface area contributed by atoms with Gasteiger partial charge in [0.25, 0.3) is 0 Å². The molecule has 2 unspecified atom stereocenters. The SMILES string of the molecule is CC(Cc1ccc2c(c1)cc(C(=O)O)n2Cc1cccc(NS(=O)(=O)C(F)(F)F)c1)NCC(O)COc1ccccc1. The highest BCUT2D eigenvalue weighted by molar-refractivity contribution is 7.93. The number of nitrogens with one attached hydrogen (secondary N) is 2. The van der Waals surface area contributed by atoms with Crippen LogP contribution in [0.25, 0.3) is 10.9 Å². The summed E-state index contributed by atoms with van der Waals surface area (Å²) in [6.07, 6.45) is -0.124. The molecule has 0 aliphatic carbocycles. The van der Waals surface area contributed by atoms with Crippen LogP contribution in [0.3, 0.4) is 0 Å². The van der Waals surface area contributed by atoms with Crippen molar-refractivity contribution in [3.8, 4) is 5.75 Å². The monoisotopic (exact) mass is 605 g/mol. The molecule has 0 spiro atoms. The molecular formula is C29H30F3N3O6S. The van der Waals surface area contributed by atoms with Crippen molar-refractivity contribution in [2.75, 3.05) is 17.9 Å². The van der Waals surface area contributed by atoms with Crippen molar-refractivity contribution < 1.29 is 41.3 Å². The van der Waals surface area contributed by atoms with Gasteiger partial charge in [0, 0.05) is 35.7 Å². The Hall–Kier alpha value is -4.07. The second-order valence-corrected chi connectivity index (χ2v) is 11.5. The first-order valence-electron chi connectivity index (χ1n) is 12.9. The van der Waals surface area contributed by atoms with Crippen LogP contribution in [-0.4, -0.2) is 60.0 Å². The van der Waals surface area contributed by atoms with E-state index < -0.39 is 27.6 Å². The van der Waals surface area contributed by atoms with E-state index in [4.69, 9.17) is 4.74 Å². The molecule has 0 amide bonds. The average molecular weight is 606 g/mol. The molecule has 0 bridgehead atoms. The number of alkyl halides is 3. The zero-order chi connectivity index (χ0) is 30.5. The number of anilines is 1. The summed E-state index contributed by atoms with van der Waals surface area (Å²) in [7, 11) is -5.60. The number of hydrogen-bond acceptors (Lipinski definition) is 6. The molecule has 4 rings (SSSR count). The van der Waals surface area contributed by atoms with Crippen molar-refractivity contribution >= 4 is 32.6 Å². The largest absolute Gasteiger partial charge is 0.516 e. The van der Waals surface area contributed by atoms with Crippen LogP contribution in [-0.2, 0) is 23.0 Å². The van der Waals surface area contributed by atoms with Gasteiger partial charge in [0.15, 0.2) is 0 Å². The number of halogens is 3. The van der Waals surface area contributed by atoms with Crippen LogP contribution in [0.4, 0.5) is 18.9 Å². The van der Waals surface area contributed by atoms with Gasteiger partial charge < -0.3 is 24.8 Å². The topological polar surface area (TPSA) is 130 Å². The number of aliphatic hydroxyl groups is 1. The number of fused-ring (bicyclic) bond motifs is 1. The number of hydrogen-bond donors (Lipinski definition) is 4. The third-order valence-electron chi connectivity index (χ3n) is 6.44. The molecule has 13 heteroatoms. The number of para-hydroxylation sites is 1. The molecule has 2 atom stereocenters. The van der Waals surface area contributed by atoms with Crippen LogP contribution in [0, 0.1) is 0 Å². The second kappa shape index (κ2) is 12.8. The Morgan fingerprint density at radius 1 is 1.00 bits per heavy atom. The number of carboxylic acids is 1. The van der Waals surface area contributed by atoms with E-state index in [1.807, 2.05) is 49.4 Å². The molecule has 0 radical (unpaired) electrons. The fourth-order valence-electron chi connectivity index (χ4n) is 4.45. The molecule has 9 nitrogen and oxygen atoms in total. The summed E-state index contributed by atoms with van der Waals surface area (Å²) in [5, 5.41) is 24.0. The van der Waals surface area contributed by atoms with Crippen molar-refractivity contribution in [1.82, 2.24) is 9.88 Å². The highest BCUT2D eigenvalue weighted by Crippen LogP contribution is 2.27. The van der Waals surface area contributed by atoms with Gasteiger partial charge in [-0.2, -0.15) is 21.6 Å². The quantitative estimate of drug-likeness (QED) is 0.175. The lowest BCUT2D eigenvalue weighted by Crippen LogP contribution is -2.37. The summed E-state index contributed by atoms with van der Waals surface area (Å²) >= 11 is 0. The van der Waals surface area contributed by atoms with Crippen LogP contribution < -0.4 is 14.8 Å². The van der Waals surface area contributed by atoms with Crippen molar-refractivity contribution in [2.24, 2.45) is 0 Å².